The molecule has 1 saturated heterocycles. The monoisotopic (exact) mass is 400 g/mol. The Morgan fingerprint density at radius 3 is 2.36 bits per heavy atom. The number of hydrogen-bond donors (Lipinski definition) is 1. The topological polar surface area (TPSA) is 49.4 Å². The van der Waals surface area contributed by atoms with Crippen LogP contribution in [0, 0.1) is 5.92 Å². The first-order valence-electron chi connectivity index (χ1n) is 10.3. The molecule has 2 aromatic carbocycles. The minimum Gasteiger partial charge on any atom is -0.303 e. The van der Waals surface area contributed by atoms with E-state index in [1.54, 1.807) is 12.1 Å². The molecule has 0 amide bonds. The number of nitrogens with one attached hydrogen (secondary N) is 1. The standard InChI is InChI=1S/C23H32N2O2S/c1-4-14-25-15-13-21(17-25)20-7-9-22(10-8-20)24-28(26,27)23-11-5-19(6-12-23)16-18(2)3/h5-12,18,21,24H,4,13-17H2,1-3H3/t21-/m1/s1. The summed E-state index contributed by atoms with van der Waals surface area (Å²) in [6.45, 7) is 9.93. The van der Waals surface area contributed by atoms with E-state index in [0.717, 1.165) is 31.6 Å². The van der Waals surface area contributed by atoms with E-state index in [1.165, 1.54) is 18.4 Å². The molecule has 0 radical (unpaired) electrons. The molecular formula is C23H32N2O2S. The van der Waals surface area contributed by atoms with Crippen LogP contribution in [0.5, 0.6) is 0 Å². The lowest BCUT2D eigenvalue weighted by molar-refractivity contribution is 0.335. The molecule has 1 aliphatic rings. The molecule has 5 heteroatoms. The van der Waals surface area contributed by atoms with Crippen LogP contribution in [0.15, 0.2) is 53.4 Å². The smallest absolute Gasteiger partial charge is 0.261 e. The predicted molar refractivity (Wildman–Crippen MR) is 116 cm³/mol. The van der Waals surface area contributed by atoms with Crippen molar-refractivity contribution in [1.29, 1.82) is 0 Å². The van der Waals surface area contributed by atoms with Gasteiger partial charge in [-0.3, -0.25) is 4.72 Å². The van der Waals surface area contributed by atoms with Crippen LogP contribution in [0.25, 0.3) is 0 Å². The molecule has 2 aromatic rings. The van der Waals surface area contributed by atoms with Crippen LogP contribution < -0.4 is 4.72 Å². The molecule has 0 spiro atoms. The summed E-state index contributed by atoms with van der Waals surface area (Å²) in [4.78, 5) is 2.81. The summed E-state index contributed by atoms with van der Waals surface area (Å²) in [5.41, 5.74) is 3.06. The van der Waals surface area contributed by atoms with Gasteiger partial charge in [0.15, 0.2) is 0 Å². The van der Waals surface area contributed by atoms with Gasteiger partial charge in [-0.15, -0.1) is 0 Å². The number of anilines is 1. The van der Waals surface area contributed by atoms with Crippen LogP contribution in [0.3, 0.4) is 0 Å². The van der Waals surface area contributed by atoms with Gasteiger partial charge in [-0.25, -0.2) is 8.42 Å². The summed E-state index contributed by atoms with van der Waals surface area (Å²) in [7, 11) is -3.56. The van der Waals surface area contributed by atoms with Crippen molar-refractivity contribution in [1.82, 2.24) is 4.90 Å². The lowest BCUT2D eigenvalue weighted by Crippen LogP contribution is -2.20. The molecule has 3 rings (SSSR count). The maximum absolute atomic E-state index is 12.7. The zero-order valence-corrected chi connectivity index (χ0v) is 18.0. The molecule has 0 saturated carbocycles. The van der Waals surface area contributed by atoms with Gasteiger partial charge in [0.05, 0.1) is 4.90 Å². The van der Waals surface area contributed by atoms with Gasteiger partial charge in [-0.05, 0) is 79.6 Å². The Morgan fingerprint density at radius 1 is 1.07 bits per heavy atom. The minimum absolute atomic E-state index is 0.301. The number of nitrogens with zero attached hydrogens (tertiary/aromatic N) is 1. The van der Waals surface area contributed by atoms with Crippen LogP contribution in [-0.4, -0.2) is 33.0 Å². The normalized spacial score (nSPS) is 17.9. The van der Waals surface area contributed by atoms with Gasteiger partial charge >= 0.3 is 0 Å². The van der Waals surface area contributed by atoms with E-state index in [0.29, 0.717) is 22.4 Å². The molecule has 28 heavy (non-hydrogen) atoms. The highest BCUT2D eigenvalue weighted by atomic mass is 32.2. The Labute approximate surface area is 170 Å². The van der Waals surface area contributed by atoms with E-state index in [9.17, 15) is 8.42 Å². The van der Waals surface area contributed by atoms with Crippen LogP contribution in [0.4, 0.5) is 5.69 Å². The number of rotatable bonds is 8. The van der Waals surface area contributed by atoms with Crippen molar-refractivity contribution in [2.75, 3.05) is 24.4 Å². The highest BCUT2D eigenvalue weighted by molar-refractivity contribution is 7.92. The Kier molecular flexibility index (Phi) is 6.78. The summed E-state index contributed by atoms with van der Waals surface area (Å²) in [6.07, 6.45) is 3.31. The van der Waals surface area contributed by atoms with Crippen molar-refractivity contribution in [3.8, 4) is 0 Å². The molecular weight excluding hydrogens is 368 g/mol. The first-order chi connectivity index (χ1) is 13.4. The molecule has 0 aromatic heterocycles. The van der Waals surface area contributed by atoms with Gasteiger partial charge in [-0.1, -0.05) is 45.0 Å². The van der Waals surface area contributed by atoms with Crippen LogP contribution >= 0.6 is 0 Å². The lowest BCUT2D eigenvalue weighted by Gasteiger charge is -2.15. The average molecular weight is 401 g/mol. The minimum atomic E-state index is -3.56. The van der Waals surface area contributed by atoms with E-state index in [2.05, 4.69) is 42.5 Å². The van der Waals surface area contributed by atoms with E-state index in [1.807, 2.05) is 24.3 Å². The SMILES string of the molecule is CCCN1CC[C@@H](c2ccc(NS(=O)(=O)c3ccc(CC(C)C)cc3)cc2)C1. The summed E-state index contributed by atoms with van der Waals surface area (Å²) >= 11 is 0. The fourth-order valence-corrected chi connectivity index (χ4v) is 5.00. The van der Waals surface area contributed by atoms with Crippen LogP contribution in [0.1, 0.15) is 50.7 Å². The van der Waals surface area contributed by atoms with E-state index >= 15 is 0 Å². The lowest BCUT2D eigenvalue weighted by atomic mass is 9.98. The Hall–Kier alpha value is -1.85. The molecule has 4 nitrogen and oxygen atoms in total. The molecule has 1 fully saturated rings. The van der Waals surface area contributed by atoms with Crippen molar-refractivity contribution >= 4 is 15.7 Å². The average Bonchev–Trinajstić information content (AvgIpc) is 3.11. The molecule has 1 aliphatic heterocycles. The number of likely N-dealkylation sites (tertiary alicyclic amines) is 1. The first kappa shape index (κ1) is 20.9. The fourth-order valence-electron chi connectivity index (χ4n) is 3.94. The van der Waals surface area contributed by atoms with Crippen LogP contribution in [-0.2, 0) is 16.4 Å². The van der Waals surface area contributed by atoms with E-state index in [4.69, 9.17) is 0 Å². The number of hydrogen-bond acceptors (Lipinski definition) is 3. The maximum atomic E-state index is 12.7. The van der Waals surface area contributed by atoms with Crippen molar-refractivity contribution in [3.05, 3.63) is 59.7 Å². The Balaban J connectivity index is 1.64. The third kappa shape index (κ3) is 5.36. The maximum Gasteiger partial charge on any atom is 0.261 e. The number of benzene rings is 2. The van der Waals surface area contributed by atoms with Gasteiger partial charge in [0.2, 0.25) is 0 Å². The van der Waals surface area contributed by atoms with Crippen molar-refractivity contribution in [2.24, 2.45) is 5.92 Å². The summed E-state index contributed by atoms with van der Waals surface area (Å²) in [6, 6.07) is 15.1. The van der Waals surface area contributed by atoms with Gasteiger partial charge in [-0.2, -0.15) is 0 Å². The van der Waals surface area contributed by atoms with Gasteiger partial charge in [0, 0.05) is 12.2 Å². The van der Waals surface area contributed by atoms with Crippen molar-refractivity contribution < 1.29 is 8.42 Å². The van der Waals surface area contributed by atoms with Gasteiger partial charge < -0.3 is 4.90 Å². The highest BCUT2D eigenvalue weighted by Gasteiger charge is 2.23. The highest BCUT2D eigenvalue weighted by Crippen LogP contribution is 2.28. The fraction of sp³-hybridized carbons (Fsp3) is 0.478. The molecule has 1 atom stereocenters. The molecule has 1 N–H and O–H groups in total. The van der Waals surface area contributed by atoms with Crippen LogP contribution in [0.2, 0.25) is 0 Å². The molecule has 0 bridgehead atoms. The summed E-state index contributed by atoms with van der Waals surface area (Å²) in [5, 5.41) is 0. The zero-order valence-electron chi connectivity index (χ0n) is 17.2. The van der Waals surface area contributed by atoms with Gasteiger partial charge in [0.25, 0.3) is 10.0 Å². The molecule has 0 aliphatic carbocycles. The third-order valence-electron chi connectivity index (χ3n) is 5.32. The second-order valence-electron chi connectivity index (χ2n) is 8.26. The van der Waals surface area contributed by atoms with E-state index < -0.39 is 10.0 Å². The van der Waals surface area contributed by atoms with E-state index in [-0.39, 0.29) is 0 Å². The molecule has 1 heterocycles. The Bertz CT molecular complexity index is 858. The second-order valence-corrected chi connectivity index (χ2v) is 9.94. The number of sulfonamides is 1. The second kappa shape index (κ2) is 9.10. The van der Waals surface area contributed by atoms with Gasteiger partial charge in [0.1, 0.15) is 0 Å². The molecule has 0 unspecified atom stereocenters. The first-order valence-corrected chi connectivity index (χ1v) is 11.8. The van der Waals surface area contributed by atoms with Crippen molar-refractivity contribution in [2.45, 2.75) is 50.8 Å². The largest absolute Gasteiger partial charge is 0.303 e. The quantitative estimate of drug-likeness (QED) is 0.687. The predicted octanol–water partition coefficient (Wildman–Crippen LogP) is 4.89. The van der Waals surface area contributed by atoms with Crippen molar-refractivity contribution in [3.63, 3.8) is 0 Å². The third-order valence-corrected chi connectivity index (χ3v) is 6.72. The summed E-state index contributed by atoms with van der Waals surface area (Å²) in [5.74, 6) is 1.10. The zero-order chi connectivity index (χ0) is 20.1. The molecule has 152 valence electrons. The Morgan fingerprint density at radius 2 is 1.75 bits per heavy atom. The summed E-state index contributed by atoms with van der Waals surface area (Å²) < 4.78 is 28.1.